The number of methoxy groups -OCH3 is 1. The van der Waals surface area contributed by atoms with Crippen LogP contribution in [0.25, 0.3) is 33.1 Å². The lowest BCUT2D eigenvalue weighted by molar-refractivity contribution is -0.991. The van der Waals surface area contributed by atoms with E-state index in [4.69, 9.17) is 23.5 Å². The molecule has 5 aromatic rings. The van der Waals surface area contributed by atoms with Gasteiger partial charge in [0.05, 0.1) is 12.7 Å². The Morgan fingerprint density at radius 3 is 2.49 bits per heavy atom. The molecule has 0 amide bonds. The van der Waals surface area contributed by atoms with Crippen LogP contribution >= 0.6 is 0 Å². The summed E-state index contributed by atoms with van der Waals surface area (Å²) < 4.78 is 21.9. The van der Waals surface area contributed by atoms with Gasteiger partial charge in [-0.05, 0) is 42.0 Å². The molecule has 1 atom stereocenters. The molecule has 5 rings (SSSR count). The van der Waals surface area contributed by atoms with Gasteiger partial charge in [0, 0.05) is 40.6 Å². The van der Waals surface area contributed by atoms with Gasteiger partial charge in [-0.25, -0.2) is 14.8 Å². The van der Waals surface area contributed by atoms with E-state index in [2.05, 4.69) is 0 Å². The normalized spacial score (nSPS) is 12.1. The largest absolute Gasteiger partial charge is 0.595 e. The lowest BCUT2D eigenvalue weighted by Gasteiger charge is -2.12. The van der Waals surface area contributed by atoms with Crippen molar-refractivity contribution in [3.05, 3.63) is 104 Å². The Hall–Kier alpha value is -4.44. The average Bonchev–Trinajstić information content (AvgIpc) is 2.86. The van der Waals surface area contributed by atoms with E-state index in [1.54, 1.807) is 54.6 Å². The maximum absolute atomic E-state index is 12.8. The Morgan fingerprint density at radius 1 is 0.943 bits per heavy atom. The third-order valence-electron chi connectivity index (χ3n) is 5.56. The van der Waals surface area contributed by atoms with Crippen LogP contribution in [0.5, 0.6) is 11.5 Å². The number of ether oxygens (including phenoxy) is 2. The second kappa shape index (κ2) is 9.07. The molecule has 0 aliphatic carbocycles. The van der Waals surface area contributed by atoms with E-state index in [9.17, 15) is 14.8 Å². The fourth-order valence-corrected chi connectivity index (χ4v) is 3.83. The smallest absolute Gasteiger partial charge is 0.344 e. The van der Waals surface area contributed by atoms with E-state index < -0.39 is 16.5 Å². The summed E-state index contributed by atoms with van der Waals surface area (Å²) >= 11 is 0. The predicted molar refractivity (Wildman–Crippen MR) is 127 cm³/mol. The first-order valence-corrected chi connectivity index (χ1v) is 10.6. The first kappa shape index (κ1) is 22.4. The molecule has 2 aromatic heterocycles. The molecule has 0 radical (unpaired) electrons. The molecule has 176 valence electrons. The summed E-state index contributed by atoms with van der Waals surface area (Å²) in [5, 5.41) is 20.2. The molecule has 0 bridgehead atoms. The summed E-state index contributed by atoms with van der Waals surface area (Å²) in [6.45, 7) is 0.186. The minimum atomic E-state index is -1.00. The van der Waals surface area contributed by atoms with Crippen LogP contribution in [-0.4, -0.2) is 12.3 Å². The zero-order valence-electron chi connectivity index (χ0n) is 18.4. The van der Waals surface area contributed by atoms with Gasteiger partial charge in [-0.15, -0.1) is 0 Å². The van der Waals surface area contributed by atoms with Crippen molar-refractivity contribution in [3.8, 4) is 22.6 Å². The lowest BCUT2D eigenvalue weighted by Crippen LogP contribution is -2.99. The van der Waals surface area contributed by atoms with Crippen molar-refractivity contribution in [2.75, 3.05) is 7.11 Å². The molecule has 0 saturated heterocycles. The predicted octanol–water partition coefficient (Wildman–Crippen LogP) is 3.56. The van der Waals surface area contributed by atoms with Gasteiger partial charge in [-0.3, -0.25) is 0 Å². The molecule has 0 aliphatic rings. The number of nitrogens with one attached hydrogen (secondary N) is 1. The van der Waals surface area contributed by atoms with Gasteiger partial charge in [0.2, 0.25) is 0 Å². The summed E-state index contributed by atoms with van der Waals surface area (Å²) in [7, 11) is 1.49. The first-order chi connectivity index (χ1) is 16.9. The summed E-state index contributed by atoms with van der Waals surface area (Å²) in [4.78, 5) is 25.2. The third kappa shape index (κ3) is 4.38. The summed E-state index contributed by atoms with van der Waals surface area (Å²) in [5.41, 5.74) is 0.888. The minimum Gasteiger partial charge on any atom is -0.595 e. The zero-order chi connectivity index (χ0) is 24.5. The fraction of sp³-hybridized carbons (Fsp3) is 0.0769. The monoisotopic (exact) mass is 473 g/mol. The van der Waals surface area contributed by atoms with Gasteiger partial charge in [-0.2, -0.15) is 5.23 Å². The SMILES string of the molecule is COc1cccc2cc(-c3cc(=O)oc4cc(OCc5ccc([NH+]([O-])O)cc5)ccc34)c(=O)oc12. The number of fused-ring (bicyclic) bond motifs is 2. The number of quaternary nitrogens is 1. The molecule has 9 heteroatoms. The maximum Gasteiger partial charge on any atom is 0.344 e. The van der Waals surface area contributed by atoms with Gasteiger partial charge < -0.3 is 23.5 Å². The summed E-state index contributed by atoms with van der Waals surface area (Å²) in [6.07, 6.45) is 0. The average molecular weight is 473 g/mol. The Labute approximate surface area is 197 Å². The molecule has 35 heavy (non-hydrogen) atoms. The fourth-order valence-electron chi connectivity index (χ4n) is 3.83. The van der Waals surface area contributed by atoms with E-state index in [0.717, 1.165) is 5.56 Å². The molecule has 2 heterocycles. The topological polar surface area (TPSA) is 127 Å². The number of rotatable bonds is 6. The van der Waals surface area contributed by atoms with Crippen molar-refractivity contribution in [2.24, 2.45) is 0 Å². The molecule has 2 N–H and O–H groups in total. The number of benzene rings is 3. The van der Waals surface area contributed by atoms with E-state index in [0.29, 0.717) is 33.4 Å². The summed E-state index contributed by atoms with van der Waals surface area (Å²) in [5.74, 6) is 0.873. The lowest BCUT2D eigenvalue weighted by atomic mass is 10.0. The Balaban J connectivity index is 1.51. The van der Waals surface area contributed by atoms with Crippen LogP contribution in [0.4, 0.5) is 5.69 Å². The summed E-state index contributed by atoms with van der Waals surface area (Å²) in [6, 6.07) is 19.5. The van der Waals surface area contributed by atoms with Gasteiger partial charge in [-0.1, -0.05) is 12.1 Å². The quantitative estimate of drug-likeness (QED) is 0.283. The Kier molecular flexibility index (Phi) is 5.79. The highest BCUT2D eigenvalue weighted by Gasteiger charge is 2.16. The second-order valence-corrected chi connectivity index (χ2v) is 7.75. The van der Waals surface area contributed by atoms with Gasteiger partial charge in [0.15, 0.2) is 17.0 Å². The molecule has 3 aromatic carbocycles. The van der Waals surface area contributed by atoms with Crippen LogP contribution in [0, 0.1) is 5.21 Å². The van der Waals surface area contributed by atoms with Crippen LogP contribution in [0.3, 0.4) is 0 Å². The van der Waals surface area contributed by atoms with Crippen LogP contribution < -0.4 is 26.0 Å². The van der Waals surface area contributed by atoms with E-state index in [1.807, 2.05) is 0 Å². The molecule has 0 aliphatic heterocycles. The number of hydrogen-bond acceptors (Lipinski definition) is 8. The van der Waals surface area contributed by atoms with Gasteiger partial charge in [0.25, 0.3) is 0 Å². The highest BCUT2D eigenvalue weighted by Crippen LogP contribution is 2.32. The van der Waals surface area contributed by atoms with Crippen molar-refractivity contribution in [1.82, 2.24) is 0 Å². The van der Waals surface area contributed by atoms with E-state index in [1.165, 1.54) is 25.3 Å². The first-order valence-electron chi connectivity index (χ1n) is 10.6. The Bertz CT molecular complexity index is 1650. The third-order valence-corrected chi connectivity index (χ3v) is 5.56. The maximum atomic E-state index is 12.8. The number of para-hydroxylation sites is 1. The highest BCUT2D eigenvalue weighted by molar-refractivity contribution is 5.96. The highest BCUT2D eigenvalue weighted by atomic mass is 16.8. The zero-order valence-corrected chi connectivity index (χ0v) is 18.4. The van der Waals surface area contributed by atoms with Crippen molar-refractivity contribution in [3.63, 3.8) is 0 Å². The second-order valence-electron chi connectivity index (χ2n) is 7.75. The molecular formula is C26H19NO8. The molecular weight excluding hydrogens is 454 g/mol. The van der Waals surface area contributed by atoms with E-state index in [-0.39, 0.29) is 23.4 Å². The van der Waals surface area contributed by atoms with E-state index >= 15 is 0 Å². The standard InChI is InChI=1S/C26H19NO8/c1-32-22-4-2-3-16-11-21(26(29)35-25(16)22)20-13-24(28)34-23-12-18(9-10-19(20)23)33-14-15-5-7-17(8-6-15)27(30)31/h2-13,27,30H,14H2,1H3. The molecule has 9 nitrogen and oxygen atoms in total. The van der Waals surface area contributed by atoms with Crippen LogP contribution in [-0.2, 0) is 6.61 Å². The molecule has 0 fully saturated rings. The van der Waals surface area contributed by atoms with Crippen LogP contribution in [0.2, 0.25) is 0 Å². The Morgan fingerprint density at radius 2 is 1.74 bits per heavy atom. The van der Waals surface area contributed by atoms with Crippen molar-refractivity contribution < 1.29 is 28.7 Å². The number of hydrogen-bond donors (Lipinski definition) is 2. The molecule has 0 spiro atoms. The minimum absolute atomic E-state index is 0.186. The van der Waals surface area contributed by atoms with Gasteiger partial charge in [0.1, 0.15) is 17.9 Å². The van der Waals surface area contributed by atoms with Crippen molar-refractivity contribution >= 4 is 27.6 Å². The molecule has 1 unspecified atom stereocenters. The van der Waals surface area contributed by atoms with Crippen molar-refractivity contribution in [1.29, 1.82) is 0 Å². The van der Waals surface area contributed by atoms with Crippen LogP contribution in [0.1, 0.15) is 5.56 Å². The van der Waals surface area contributed by atoms with Crippen molar-refractivity contribution in [2.45, 2.75) is 6.61 Å². The molecule has 0 saturated carbocycles. The van der Waals surface area contributed by atoms with Gasteiger partial charge >= 0.3 is 11.3 Å². The van der Waals surface area contributed by atoms with Crippen LogP contribution in [0.15, 0.2) is 91.2 Å².